The van der Waals surface area contributed by atoms with E-state index in [0.717, 1.165) is 8.95 Å². The van der Waals surface area contributed by atoms with Gasteiger partial charge in [-0.25, -0.2) is 15.0 Å². The fourth-order valence-electron chi connectivity index (χ4n) is 1.77. The van der Waals surface area contributed by atoms with E-state index < -0.39 is 0 Å². The zero-order chi connectivity index (χ0) is 15.1. The summed E-state index contributed by atoms with van der Waals surface area (Å²) in [7, 11) is 0. The molecule has 2 aromatic heterocycles. The minimum absolute atomic E-state index is 0.275. The standard InChI is InChI=1S/C12H4Br4N4O/c13-5-4-9(8(16)7(15)6(5)14)19-11(20-12(4)21)10-17-2-1-3-18-10/h1-3H,(H,19,20,21). The summed E-state index contributed by atoms with van der Waals surface area (Å²) in [6.07, 6.45) is 3.18. The molecule has 1 aromatic carbocycles. The molecule has 0 bridgehead atoms. The molecule has 0 atom stereocenters. The van der Waals surface area contributed by atoms with Gasteiger partial charge in [0.05, 0.1) is 15.4 Å². The van der Waals surface area contributed by atoms with E-state index in [-0.39, 0.29) is 5.56 Å². The first-order valence-corrected chi connectivity index (χ1v) is 8.71. The van der Waals surface area contributed by atoms with Crippen molar-refractivity contribution < 1.29 is 0 Å². The van der Waals surface area contributed by atoms with Gasteiger partial charge in [-0.3, -0.25) is 4.79 Å². The first-order valence-electron chi connectivity index (χ1n) is 5.54. The van der Waals surface area contributed by atoms with Gasteiger partial charge in [-0.1, -0.05) is 0 Å². The van der Waals surface area contributed by atoms with Crippen molar-refractivity contribution in [3.63, 3.8) is 0 Å². The SMILES string of the molecule is O=c1[nH]c(-c2ncccn2)nc2c(Br)c(Br)c(Br)c(Br)c12. The van der Waals surface area contributed by atoms with Crippen molar-refractivity contribution in [2.24, 2.45) is 0 Å². The van der Waals surface area contributed by atoms with Crippen molar-refractivity contribution in [1.29, 1.82) is 0 Å². The molecule has 0 aliphatic heterocycles. The highest BCUT2D eigenvalue weighted by Crippen LogP contribution is 2.41. The van der Waals surface area contributed by atoms with Gasteiger partial charge in [0.15, 0.2) is 11.6 Å². The summed E-state index contributed by atoms with van der Waals surface area (Å²) in [5.74, 6) is 0.675. The lowest BCUT2D eigenvalue weighted by atomic mass is 10.2. The number of nitrogens with zero attached hydrogens (tertiary/aromatic N) is 3. The normalized spacial score (nSPS) is 11.0. The minimum Gasteiger partial charge on any atom is -0.303 e. The number of nitrogens with one attached hydrogen (secondary N) is 1. The second-order valence-corrected chi connectivity index (χ2v) is 7.14. The Hall–Kier alpha value is -0.640. The van der Waals surface area contributed by atoms with Gasteiger partial charge in [0, 0.05) is 25.8 Å². The van der Waals surface area contributed by atoms with E-state index in [1.807, 2.05) is 0 Å². The Morgan fingerprint density at radius 2 is 1.52 bits per heavy atom. The van der Waals surface area contributed by atoms with Crippen molar-refractivity contribution in [3.05, 3.63) is 46.7 Å². The highest BCUT2D eigenvalue weighted by Gasteiger charge is 2.19. The fraction of sp³-hybridized carbons (Fsp3) is 0. The first-order chi connectivity index (χ1) is 10.0. The Bertz CT molecular complexity index is 911. The first kappa shape index (κ1) is 15.3. The Morgan fingerprint density at radius 3 is 2.19 bits per heavy atom. The average Bonchev–Trinajstić information content (AvgIpc) is 2.51. The van der Waals surface area contributed by atoms with Crippen LogP contribution in [-0.4, -0.2) is 19.9 Å². The lowest BCUT2D eigenvalue weighted by Crippen LogP contribution is -2.12. The highest BCUT2D eigenvalue weighted by atomic mass is 79.9. The Morgan fingerprint density at radius 1 is 0.905 bits per heavy atom. The summed E-state index contributed by atoms with van der Waals surface area (Å²) in [4.78, 5) is 27.7. The lowest BCUT2D eigenvalue weighted by molar-refractivity contribution is 1.08. The highest BCUT2D eigenvalue weighted by molar-refractivity contribution is 9.15. The predicted molar refractivity (Wildman–Crippen MR) is 94.2 cm³/mol. The van der Waals surface area contributed by atoms with E-state index in [1.165, 1.54) is 0 Å². The molecular formula is C12H4Br4N4O. The summed E-state index contributed by atoms with van der Waals surface area (Å²) in [6, 6.07) is 1.70. The predicted octanol–water partition coefficient (Wildman–Crippen LogP) is 4.43. The van der Waals surface area contributed by atoms with Crippen LogP contribution in [0.1, 0.15) is 0 Å². The number of H-pyrrole nitrogens is 1. The number of hydrogen-bond acceptors (Lipinski definition) is 4. The molecule has 106 valence electrons. The van der Waals surface area contributed by atoms with E-state index in [0.29, 0.717) is 31.5 Å². The Kier molecular flexibility index (Phi) is 4.26. The van der Waals surface area contributed by atoms with E-state index in [9.17, 15) is 4.79 Å². The molecule has 9 heteroatoms. The maximum Gasteiger partial charge on any atom is 0.260 e. The molecule has 1 N–H and O–H groups in total. The monoisotopic (exact) mass is 536 g/mol. The Labute approximate surface area is 152 Å². The summed E-state index contributed by atoms with van der Waals surface area (Å²) >= 11 is 13.7. The summed E-state index contributed by atoms with van der Waals surface area (Å²) < 4.78 is 2.80. The van der Waals surface area contributed by atoms with Crippen LogP contribution in [0.15, 0.2) is 41.1 Å². The minimum atomic E-state index is -0.275. The molecule has 21 heavy (non-hydrogen) atoms. The second kappa shape index (κ2) is 5.86. The molecule has 0 spiro atoms. The molecule has 3 rings (SSSR count). The van der Waals surface area contributed by atoms with Crippen molar-refractivity contribution in [1.82, 2.24) is 19.9 Å². The number of halogens is 4. The van der Waals surface area contributed by atoms with Crippen molar-refractivity contribution in [2.45, 2.75) is 0 Å². The summed E-state index contributed by atoms with van der Waals surface area (Å²) in [6.45, 7) is 0. The third kappa shape index (κ3) is 2.60. The van der Waals surface area contributed by atoms with Crippen LogP contribution in [0.3, 0.4) is 0 Å². The zero-order valence-corrected chi connectivity index (χ0v) is 16.3. The molecule has 5 nitrogen and oxygen atoms in total. The van der Waals surface area contributed by atoms with Gasteiger partial charge in [-0.2, -0.15) is 0 Å². The van der Waals surface area contributed by atoms with Crippen LogP contribution in [0.5, 0.6) is 0 Å². The van der Waals surface area contributed by atoms with Crippen molar-refractivity contribution >= 4 is 74.6 Å². The number of benzene rings is 1. The van der Waals surface area contributed by atoms with Gasteiger partial charge in [0.1, 0.15) is 0 Å². The van der Waals surface area contributed by atoms with Gasteiger partial charge >= 0.3 is 0 Å². The summed E-state index contributed by atoms with van der Waals surface area (Å²) in [5, 5.41) is 0.441. The molecule has 3 aromatic rings. The van der Waals surface area contributed by atoms with Crippen LogP contribution in [-0.2, 0) is 0 Å². The molecule has 0 saturated carbocycles. The lowest BCUT2D eigenvalue weighted by Gasteiger charge is -2.09. The summed E-state index contributed by atoms with van der Waals surface area (Å²) in [5.41, 5.74) is 0.242. The van der Waals surface area contributed by atoms with E-state index in [4.69, 9.17) is 0 Å². The van der Waals surface area contributed by atoms with Gasteiger partial charge in [0.25, 0.3) is 5.56 Å². The van der Waals surface area contributed by atoms with Crippen LogP contribution in [0.4, 0.5) is 0 Å². The van der Waals surface area contributed by atoms with Gasteiger partial charge in [0.2, 0.25) is 0 Å². The zero-order valence-electron chi connectivity index (χ0n) is 9.99. The van der Waals surface area contributed by atoms with Crippen molar-refractivity contribution in [2.75, 3.05) is 0 Å². The van der Waals surface area contributed by atoms with Gasteiger partial charge < -0.3 is 4.98 Å². The van der Waals surface area contributed by atoms with Crippen LogP contribution in [0.25, 0.3) is 22.6 Å². The van der Waals surface area contributed by atoms with Crippen LogP contribution < -0.4 is 5.56 Å². The van der Waals surface area contributed by atoms with Crippen LogP contribution >= 0.6 is 63.7 Å². The molecule has 0 saturated heterocycles. The van der Waals surface area contributed by atoms with E-state index >= 15 is 0 Å². The topological polar surface area (TPSA) is 71.5 Å². The molecule has 0 aliphatic carbocycles. The van der Waals surface area contributed by atoms with Crippen LogP contribution in [0.2, 0.25) is 0 Å². The average molecular weight is 540 g/mol. The third-order valence-electron chi connectivity index (χ3n) is 2.70. The van der Waals surface area contributed by atoms with Gasteiger partial charge in [-0.15, -0.1) is 0 Å². The molecule has 0 fully saturated rings. The maximum absolute atomic E-state index is 12.4. The molecule has 0 amide bonds. The number of fused-ring (bicyclic) bond motifs is 1. The van der Waals surface area contributed by atoms with E-state index in [1.54, 1.807) is 18.5 Å². The molecule has 0 radical (unpaired) electrons. The quantitative estimate of drug-likeness (QED) is 0.367. The number of aromatic nitrogens is 4. The maximum atomic E-state index is 12.4. The number of rotatable bonds is 1. The van der Waals surface area contributed by atoms with Crippen LogP contribution in [0, 0.1) is 0 Å². The van der Waals surface area contributed by atoms with Crippen molar-refractivity contribution in [3.8, 4) is 11.6 Å². The van der Waals surface area contributed by atoms with E-state index in [2.05, 4.69) is 83.7 Å². The largest absolute Gasteiger partial charge is 0.303 e. The smallest absolute Gasteiger partial charge is 0.260 e. The van der Waals surface area contributed by atoms with Gasteiger partial charge in [-0.05, 0) is 69.8 Å². The molecule has 0 unspecified atom stereocenters. The Balaban J connectivity index is 2.43. The fourth-order valence-corrected chi connectivity index (χ4v) is 4.14. The molecule has 0 aliphatic rings. The molecule has 2 heterocycles. The second-order valence-electron chi connectivity index (χ2n) is 3.97. The molecular weight excluding hydrogens is 536 g/mol. The number of hydrogen-bond donors (Lipinski definition) is 1. The number of aromatic amines is 1. The third-order valence-corrected chi connectivity index (χ3v) is 7.45.